The number of nitrogens with one attached hydrogen (secondary N) is 4. The van der Waals surface area contributed by atoms with Crippen molar-refractivity contribution in [2.75, 3.05) is 5.75 Å². The van der Waals surface area contributed by atoms with Gasteiger partial charge in [0.05, 0.1) is 5.92 Å². The summed E-state index contributed by atoms with van der Waals surface area (Å²) in [6.07, 6.45) is 5.56. The summed E-state index contributed by atoms with van der Waals surface area (Å²) in [5, 5.41) is 25.6. The minimum atomic E-state index is -0.880. The van der Waals surface area contributed by atoms with E-state index in [0.717, 1.165) is 62.1 Å². The van der Waals surface area contributed by atoms with E-state index in [2.05, 4.69) is 20.6 Å². The van der Waals surface area contributed by atoms with E-state index in [1.165, 1.54) is 11.8 Å². The molecule has 1 unspecified atom stereocenters. The third-order valence-corrected chi connectivity index (χ3v) is 10.8. The highest BCUT2D eigenvalue weighted by Gasteiger charge is 2.52. The molecule has 0 saturated carbocycles. The second kappa shape index (κ2) is 12.7. The summed E-state index contributed by atoms with van der Waals surface area (Å²) in [5.74, 6) is -0.581. The number of carboxylic acids is 2. The minimum absolute atomic E-state index is 0.0167. The fraction of sp³-hybridized carbons (Fsp3) is 0.515. The molecule has 5 heterocycles. The van der Waals surface area contributed by atoms with Gasteiger partial charge in [-0.2, -0.15) is 0 Å². The van der Waals surface area contributed by atoms with Crippen LogP contribution in [0.1, 0.15) is 78.6 Å². The Morgan fingerprint density at radius 1 is 0.932 bits per heavy atom. The Morgan fingerprint density at radius 2 is 1.55 bits per heavy atom. The van der Waals surface area contributed by atoms with Gasteiger partial charge in [-0.1, -0.05) is 19.9 Å². The maximum Gasteiger partial charge on any atom is 0.303 e. The van der Waals surface area contributed by atoms with Gasteiger partial charge in [0, 0.05) is 77.6 Å². The number of hydrogen-bond acceptors (Lipinski definition) is 4. The van der Waals surface area contributed by atoms with Crippen LogP contribution in [0, 0.1) is 31.6 Å². The van der Waals surface area contributed by atoms with Crippen LogP contribution in [0.5, 0.6) is 0 Å². The Labute approximate surface area is 261 Å². The van der Waals surface area contributed by atoms with Gasteiger partial charge < -0.3 is 30.8 Å². The molecule has 0 aromatic carbocycles. The normalized spacial score (nSPS) is 26.4. The van der Waals surface area contributed by atoms with Crippen LogP contribution >= 0.6 is 0 Å². The molecule has 5 atom stereocenters. The van der Waals surface area contributed by atoms with Crippen molar-refractivity contribution in [1.82, 2.24) is 20.6 Å². The Bertz CT molecular complexity index is 1560. The van der Waals surface area contributed by atoms with Crippen LogP contribution in [0.25, 0.3) is 6.08 Å². The van der Waals surface area contributed by atoms with E-state index in [9.17, 15) is 29.4 Å². The number of hydrogen-bond donors (Lipinski definition) is 6. The Morgan fingerprint density at radius 3 is 2.11 bits per heavy atom. The lowest BCUT2D eigenvalue weighted by atomic mass is 9.91. The summed E-state index contributed by atoms with van der Waals surface area (Å²) < 4.78 is 0. The number of H-pyrrole nitrogens is 2. The largest absolute Gasteiger partial charge is 0.481 e. The van der Waals surface area contributed by atoms with Crippen LogP contribution in [0.15, 0.2) is 17.3 Å². The molecule has 0 bridgehead atoms. The molecular formula is C33H43N4O6S+. The maximum atomic E-state index is 12.6. The molecule has 3 aliphatic rings. The summed E-state index contributed by atoms with van der Waals surface area (Å²) in [4.78, 5) is 55.3. The zero-order valence-corrected chi connectivity index (χ0v) is 26.9. The van der Waals surface area contributed by atoms with E-state index in [4.69, 9.17) is 0 Å². The van der Waals surface area contributed by atoms with Gasteiger partial charge in [0.15, 0.2) is 11.0 Å². The second-order valence-electron chi connectivity index (χ2n) is 12.4. The smallest absolute Gasteiger partial charge is 0.303 e. The van der Waals surface area contributed by atoms with Gasteiger partial charge in [0.1, 0.15) is 0 Å². The quantitative estimate of drug-likeness (QED) is 0.0921. The Hall–Kier alpha value is -3.73. The van der Waals surface area contributed by atoms with Gasteiger partial charge >= 0.3 is 11.9 Å². The van der Waals surface area contributed by atoms with Crippen LogP contribution in [-0.4, -0.2) is 61.0 Å². The fourth-order valence-corrected chi connectivity index (χ4v) is 7.97. The van der Waals surface area contributed by atoms with E-state index in [0.29, 0.717) is 30.9 Å². The molecule has 6 N–H and O–H groups in total. The highest BCUT2D eigenvalue weighted by molar-refractivity contribution is 7.86. The van der Waals surface area contributed by atoms with Crippen LogP contribution < -0.4 is 10.6 Å². The van der Waals surface area contributed by atoms with Crippen LogP contribution in [0.4, 0.5) is 0 Å². The number of aromatic nitrogens is 2. The first-order valence-electron chi connectivity index (χ1n) is 15.4. The molecule has 44 heavy (non-hydrogen) atoms. The first-order valence-corrected chi connectivity index (χ1v) is 16.5. The number of rotatable bonds is 12. The SMILES string of the molecule is C/C=C1\C(=O)N[C@H](Cc2[nH]c(Cc3[nH]c(/C=C4\NC(=O)[C@H](C)[C@H]4[C@@H]4C[SH+]4)c(C)c3CCC(=O)O)c(CCC(=O)O)c2C)C1C. The molecule has 3 fully saturated rings. The molecule has 236 valence electrons. The first-order chi connectivity index (χ1) is 20.9. The zero-order valence-electron chi connectivity index (χ0n) is 26.0. The monoisotopic (exact) mass is 623 g/mol. The topological polar surface area (TPSA) is 164 Å². The second-order valence-corrected chi connectivity index (χ2v) is 13.8. The van der Waals surface area contributed by atoms with Crippen molar-refractivity contribution in [2.45, 2.75) is 84.4 Å². The number of thiol groups is 1. The number of aromatic amines is 2. The third-order valence-electron chi connectivity index (χ3n) is 9.70. The molecule has 5 rings (SSSR count). The molecule has 10 nitrogen and oxygen atoms in total. The lowest BCUT2D eigenvalue weighted by molar-refractivity contribution is -0.138. The lowest BCUT2D eigenvalue weighted by Gasteiger charge is -2.15. The number of carbonyl (C=O) groups excluding carboxylic acids is 2. The van der Waals surface area contributed by atoms with Crippen molar-refractivity contribution in [3.8, 4) is 0 Å². The number of allylic oxidation sites excluding steroid dienone is 2. The highest BCUT2D eigenvalue weighted by atomic mass is 32.2. The summed E-state index contributed by atoms with van der Waals surface area (Å²) in [5.41, 5.74) is 9.05. The van der Waals surface area contributed by atoms with E-state index < -0.39 is 11.9 Å². The molecule has 3 saturated heterocycles. The fourth-order valence-electron chi connectivity index (χ4n) is 6.98. The van der Waals surface area contributed by atoms with Gasteiger partial charge in [-0.3, -0.25) is 19.2 Å². The standard InChI is InChI=1S/C33H42N4O6S/c1-6-19-15(2)24(36-33(19)43)11-22-16(3)20(7-9-29(38)39)25(34-22)13-26-21(8-10-30(40)41)17(4)23(35-26)12-27-31(28-14-44-28)18(5)32(42)37-27/h6,12,15,18,24,28,31,34-35H,7-11,13-14H2,1-5H3,(H,36,43)(H,37,42)(H,38,39)(H,40,41)/p+1/b19-6-,27-12-/t15?,18-,24-,28+,31-/m1/s1. The number of carboxylic acid groups (broad SMARTS) is 2. The lowest BCUT2D eigenvalue weighted by Crippen LogP contribution is -2.30. The molecule has 2 aromatic rings. The molecule has 3 aliphatic heterocycles. The van der Waals surface area contributed by atoms with Crippen molar-refractivity contribution >= 4 is 41.6 Å². The Balaban J connectivity index is 1.50. The molecular weight excluding hydrogens is 580 g/mol. The van der Waals surface area contributed by atoms with E-state index in [1.807, 2.05) is 46.8 Å². The average Bonchev–Trinajstić information content (AvgIpc) is 3.53. The summed E-state index contributed by atoms with van der Waals surface area (Å²) in [6.45, 7) is 9.85. The molecule has 2 aromatic heterocycles. The van der Waals surface area contributed by atoms with Crippen LogP contribution in [0.3, 0.4) is 0 Å². The van der Waals surface area contributed by atoms with Gasteiger partial charge in [-0.15, -0.1) is 0 Å². The van der Waals surface area contributed by atoms with E-state index in [-0.39, 0.29) is 48.5 Å². The molecule has 0 aliphatic carbocycles. The summed E-state index contributed by atoms with van der Waals surface area (Å²) >= 11 is 1.36. The number of amides is 2. The van der Waals surface area contributed by atoms with Crippen molar-refractivity contribution in [2.24, 2.45) is 17.8 Å². The van der Waals surface area contributed by atoms with E-state index >= 15 is 0 Å². The maximum absolute atomic E-state index is 12.6. The molecule has 0 radical (unpaired) electrons. The summed E-state index contributed by atoms with van der Waals surface area (Å²) in [7, 11) is 0. The van der Waals surface area contributed by atoms with Crippen LogP contribution in [-0.2, 0) is 56.6 Å². The van der Waals surface area contributed by atoms with Gasteiger partial charge in [0.2, 0.25) is 11.8 Å². The predicted molar refractivity (Wildman–Crippen MR) is 171 cm³/mol. The van der Waals surface area contributed by atoms with Crippen molar-refractivity contribution < 1.29 is 29.4 Å². The highest BCUT2D eigenvalue weighted by Crippen LogP contribution is 2.38. The first kappa shape index (κ1) is 31.7. The Kier molecular flexibility index (Phi) is 9.15. The zero-order chi connectivity index (χ0) is 31.9. The summed E-state index contributed by atoms with van der Waals surface area (Å²) in [6, 6.07) is -0.0777. The van der Waals surface area contributed by atoms with Crippen LogP contribution in [0.2, 0.25) is 0 Å². The molecule has 11 heteroatoms. The van der Waals surface area contributed by atoms with Crippen molar-refractivity contribution in [1.29, 1.82) is 0 Å². The number of aliphatic carboxylic acids is 2. The van der Waals surface area contributed by atoms with Gasteiger partial charge in [0.25, 0.3) is 0 Å². The molecule has 0 spiro atoms. The van der Waals surface area contributed by atoms with Gasteiger partial charge in [-0.25, -0.2) is 0 Å². The van der Waals surface area contributed by atoms with Crippen molar-refractivity contribution in [3.05, 3.63) is 62.4 Å². The molecule has 2 amide bonds. The van der Waals surface area contributed by atoms with Crippen molar-refractivity contribution in [3.63, 3.8) is 0 Å². The van der Waals surface area contributed by atoms with E-state index in [1.54, 1.807) is 0 Å². The average molecular weight is 624 g/mol. The minimum Gasteiger partial charge on any atom is -0.481 e. The predicted octanol–water partition coefficient (Wildman–Crippen LogP) is 3.13. The number of carbonyl (C=O) groups is 4. The third kappa shape index (κ3) is 6.38. The van der Waals surface area contributed by atoms with Gasteiger partial charge in [-0.05, 0) is 73.7 Å².